The molecule has 1 heterocycles. The molecule has 0 unspecified atom stereocenters. The molecule has 3 nitrogen and oxygen atoms in total. The zero-order chi connectivity index (χ0) is 15.4. The monoisotopic (exact) mass is 309 g/mol. The van der Waals surface area contributed by atoms with E-state index in [9.17, 15) is 4.39 Å². The van der Waals surface area contributed by atoms with Crippen LogP contribution >= 0.6 is 11.6 Å². The molecule has 0 radical (unpaired) electrons. The van der Waals surface area contributed by atoms with Crippen LogP contribution in [0, 0.1) is 19.7 Å². The number of alkyl halides is 1. The van der Waals surface area contributed by atoms with Gasteiger partial charge < -0.3 is 9.47 Å². The van der Waals surface area contributed by atoms with Crippen molar-refractivity contribution in [2.24, 2.45) is 0 Å². The summed E-state index contributed by atoms with van der Waals surface area (Å²) in [6.07, 6.45) is 1.72. The van der Waals surface area contributed by atoms with Crippen LogP contribution in [0.15, 0.2) is 24.4 Å². The number of benzene rings is 1. The Kier molecular flexibility index (Phi) is 5.02. The summed E-state index contributed by atoms with van der Waals surface area (Å²) in [6, 6.07) is 4.70. The Labute approximate surface area is 128 Å². The van der Waals surface area contributed by atoms with Gasteiger partial charge in [-0.15, -0.1) is 11.6 Å². The summed E-state index contributed by atoms with van der Waals surface area (Å²) in [4.78, 5) is 4.33. The molecular weight excluding hydrogens is 293 g/mol. The highest BCUT2D eigenvalue weighted by atomic mass is 35.5. The molecule has 0 aliphatic heterocycles. The zero-order valence-electron chi connectivity index (χ0n) is 12.2. The molecule has 0 fully saturated rings. The van der Waals surface area contributed by atoms with E-state index in [0.717, 1.165) is 16.9 Å². The van der Waals surface area contributed by atoms with Crippen LogP contribution in [-0.2, 0) is 12.5 Å². The van der Waals surface area contributed by atoms with Crippen molar-refractivity contribution in [2.45, 2.75) is 26.3 Å². The summed E-state index contributed by atoms with van der Waals surface area (Å²) >= 11 is 5.80. The molecule has 0 saturated heterocycles. The number of hydrogen-bond acceptors (Lipinski definition) is 3. The minimum Gasteiger partial charge on any atom is -0.496 e. The highest BCUT2D eigenvalue weighted by molar-refractivity contribution is 6.17. The maximum atomic E-state index is 13.8. The average Bonchev–Trinajstić information content (AvgIpc) is 2.48. The molecule has 0 amide bonds. The molecule has 21 heavy (non-hydrogen) atoms. The van der Waals surface area contributed by atoms with E-state index >= 15 is 0 Å². The number of para-hydroxylation sites is 1. The third kappa shape index (κ3) is 3.27. The van der Waals surface area contributed by atoms with Gasteiger partial charge in [0.1, 0.15) is 12.4 Å². The molecule has 0 aliphatic rings. The minimum absolute atomic E-state index is 0.160. The lowest BCUT2D eigenvalue weighted by atomic mass is 10.1. The van der Waals surface area contributed by atoms with E-state index in [-0.39, 0.29) is 18.2 Å². The summed E-state index contributed by atoms with van der Waals surface area (Å²) in [5.74, 6) is 0.712. The third-order valence-electron chi connectivity index (χ3n) is 3.30. The number of pyridine rings is 1. The summed E-state index contributed by atoms with van der Waals surface area (Å²) in [7, 11) is 1.61. The SMILES string of the molecule is COc1c(C)cnc(COc2c(F)cccc2CCl)c1C. The Balaban J connectivity index is 2.25. The van der Waals surface area contributed by atoms with Crippen LogP contribution in [0.4, 0.5) is 4.39 Å². The van der Waals surface area contributed by atoms with Crippen molar-refractivity contribution >= 4 is 11.6 Å². The molecule has 0 atom stereocenters. The van der Waals surface area contributed by atoms with Gasteiger partial charge in [-0.1, -0.05) is 12.1 Å². The molecule has 5 heteroatoms. The lowest BCUT2D eigenvalue weighted by Crippen LogP contribution is -2.06. The van der Waals surface area contributed by atoms with Crippen LogP contribution in [0.2, 0.25) is 0 Å². The second-order valence-corrected chi connectivity index (χ2v) is 4.96. The van der Waals surface area contributed by atoms with Crippen molar-refractivity contribution in [3.63, 3.8) is 0 Å². The van der Waals surface area contributed by atoms with Gasteiger partial charge in [-0.05, 0) is 19.9 Å². The number of methoxy groups -OCH3 is 1. The Bertz CT molecular complexity index is 646. The topological polar surface area (TPSA) is 31.4 Å². The van der Waals surface area contributed by atoms with Crippen molar-refractivity contribution in [3.8, 4) is 11.5 Å². The molecular formula is C16H17ClFNO2. The number of hydrogen-bond donors (Lipinski definition) is 0. The lowest BCUT2D eigenvalue weighted by molar-refractivity contribution is 0.281. The summed E-state index contributed by atoms with van der Waals surface area (Å²) < 4.78 is 24.8. The van der Waals surface area contributed by atoms with Gasteiger partial charge in [0, 0.05) is 22.9 Å². The second-order valence-electron chi connectivity index (χ2n) is 4.70. The first-order valence-electron chi connectivity index (χ1n) is 6.53. The molecule has 0 bridgehead atoms. The van der Waals surface area contributed by atoms with Crippen LogP contribution in [0.5, 0.6) is 11.5 Å². The molecule has 1 aromatic carbocycles. The van der Waals surface area contributed by atoms with Crippen molar-refractivity contribution in [3.05, 3.63) is 52.6 Å². The molecule has 0 saturated carbocycles. The van der Waals surface area contributed by atoms with E-state index < -0.39 is 5.82 Å². The average molecular weight is 310 g/mol. The molecule has 0 N–H and O–H groups in total. The van der Waals surface area contributed by atoms with E-state index in [1.54, 1.807) is 25.4 Å². The van der Waals surface area contributed by atoms with Gasteiger partial charge in [-0.25, -0.2) is 4.39 Å². The number of rotatable bonds is 5. The van der Waals surface area contributed by atoms with Gasteiger partial charge >= 0.3 is 0 Å². The first-order chi connectivity index (χ1) is 10.1. The summed E-state index contributed by atoms with van der Waals surface area (Å²) in [6.45, 7) is 3.99. The van der Waals surface area contributed by atoms with E-state index in [0.29, 0.717) is 11.3 Å². The Morgan fingerprint density at radius 2 is 2.00 bits per heavy atom. The number of halogens is 2. The van der Waals surface area contributed by atoms with Gasteiger partial charge in [-0.3, -0.25) is 4.98 Å². The molecule has 2 aromatic rings. The lowest BCUT2D eigenvalue weighted by Gasteiger charge is -2.14. The van der Waals surface area contributed by atoms with Crippen LogP contribution in [0.1, 0.15) is 22.4 Å². The van der Waals surface area contributed by atoms with Crippen molar-refractivity contribution in [1.29, 1.82) is 0 Å². The molecule has 2 rings (SSSR count). The minimum atomic E-state index is -0.426. The fraction of sp³-hybridized carbons (Fsp3) is 0.312. The molecule has 0 aliphatic carbocycles. The number of ether oxygens (including phenoxy) is 2. The van der Waals surface area contributed by atoms with Crippen LogP contribution in [0.25, 0.3) is 0 Å². The standard InChI is InChI=1S/C16H17ClFNO2/c1-10-8-19-14(11(2)15(10)20-3)9-21-16-12(7-17)5-4-6-13(16)18/h4-6,8H,7,9H2,1-3H3. The quantitative estimate of drug-likeness (QED) is 0.777. The van der Waals surface area contributed by atoms with Crippen LogP contribution < -0.4 is 9.47 Å². The molecule has 1 aromatic heterocycles. The van der Waals surface area contributed by atoms with Crippen LogP contribution in [-0.4, -0.2) is 12.1 Å². The van der Waals surface area contributed by atoms with Crippen molar-refractivity contribution < 1.29 is 13.9 Å². The van der Waals surface area contributed by atoms with Gasteiger partial charge in [0.15, 0.2) is 11.6 Å². The fourth-order valence-electron chi connectivity index (χ4n) is 2.18. The molecule has 0 spiro atoms. The van der Waals surface area contributed by atoms with Gasteiger partial charge in [-0.2, -0.15) is 0 Å². The Morgan fingerprint density at radius 1 is 1.24 bits per heavy atom. The largest absolute Gasteiger partial charge is 0.496 e. The zero-order valence-corrected chi connectivity index (χ0v) is 13.0. The predicted octanol–water partition coefficient (Wildman–Crippen LogP) is 4.16. The first kappa shape index (κ1) is 15.6. The predicted molar refractivity (Wildman–Crippen MR) is 80.6 cm³/mol. The third-order valence-corrected chi connectivity index (χ3v) is 3.58. The smallest absolute Gasteiger partial charge is 0.165 e. The van der Waals surface area contributed by atoms with E-state index in [1.807, 2.05) is 13.8 Å². The highest BCUT2D eigenvalue weighted by Crippen LogP contribution is 2.28. The fourth-order valence-corrected chi connectivity index (χ4v) is 2.39. The summed E-state index contributed by atoms with van der Waals surface area (Å²) in [5.41, 5.74) is 3.17. The van der Waals surface area contributed by atoms with Gasteiger partial charge in [0.25, 0.3) is 0 Å². The van der Waals surface area contributed by atoms with Gasteiger partial charge in [0.05, 0.1) is 18.7 Å². The number of nitrogens with zero attached hydrogens (tertiary/aromatic N) is 1. The van der Waals surface area contributed by atoms with Crippen LogP contribution in [0.3, 0.4) is 0 Å². The number of aryl methyl sites for hydroxylation is 1. The Morgan fingerprint density at radius 3 is 2.67 bits per heavy atom. The number of aromatic nitrogens is 1. The first-order valence-corrected chi connectivity index (χ1v) is 7.07. The van der Waals surface area contributed by atoms with E-state index in [4.69, 9.17) is 21.1 Å². The normalized spacial score (nSPS) is 10.5. The second kappa shape index (κ2) is 6.76. The Hall–Kier alpha value is -1.81. The van der Waals surface area contributed by atoms with E-state index in [1.165, 1.54) is 6.07 Å². The van der Waals surface area contributed by atoms with E-state index in [2.05, 4.69) is 4.98 Å². The maximum absolute atomic E-state index is 13.8. The van der Waals surface area contributed by atoms with Gasteiger partial charge in [0.2, 0.25) is 0 Å². The van der Waals surface area contributed by atoms with Crippen molar-refractivity contribution in [2.75, 3.05) is 7.11 Å². The highest BCUT2D eigenvalue weighted by Gasteiger charge is 2.13. The summed E-state index contributed by atoms with van der Waals surface area (Å²) in [5, 5.41) is 0. The molecule has 112 valence electrons. The van der Waals surface area contributed by atoms with Crippen molar-refractivity contribution in [1.82, 2.24) is 4.98 Å². The maximum Gasteiger partial charge on any atom is 0.165 e.